The van der Waals surface area contributed by atoms with Gasteiger partial charge >= 0.3 is 6.18 Å². The summed E-state index contributed by atoms with van der Waals surface area (Å²) in [6.45, 7) is 0. The molecule has 0 radical (unpaired) electrons. The Morgan fingerprint density at radius 1 is 1.39 bits per heavy atom. The Kier molecular flexibility index (Phi) is 3.12. The molecule has 0 aliphatic carbocycles. The van der Waals surface area contributed by atoms with Crippen molar-refractivity contribution in [2.75, 3.05) is 7.11 Å². The van der Waals surface area contributed by atoms with Gasteiger partial charge in [-0.2, -0.15) is 13.2 Å². The number of alkyl halides is 3. The van der Waals surface area contributed by atoms with Gasteiger partial charge in [-0.15, -0.1) is 0 Å². The molecule has 0 spiro atoms. The minimum Gasteiger partial charge on any atom is -0.497 e. The number of hydrogen-bond donors (Lipinski definition) is 2. The molecular weight excluding hydrogens is 271 g/mol. The molecule has 2 N–H and O–H groups in total. The molecule has 0 aromatic carbocycles. The third kappa shape index (κ3) is 1.99. The Hall–Kier alpha value is -1.47. The number of hydrogen-bond acceptors (Lipinski definition) is 4. The summed E-state index contributed by atoms with van der Waals surface area (Å²) < 4.78 is 44.5. The number of nitrogens with zero attached hydrogens (tertiary/aromatic N) is 1. The van der Waals surface area contributed by atoms with Gasteiger partial charge in [-0.05, 0) is 6.08 Å². The Morgan fingerprint density at radius 2 is 2.11 bits per heavy atom. The van der Waals surface area contributed by atoms with Crippen molar-refractivity contribution in [2.45, 2.75) is 11.7 Å². The molecule has 1 atom stereocenters. The van der Waals surface area contributed by atoms with Crippen LogP contribution in [0, 0.1) is 0 Å². The predicted octanol–water partition coefficient (Wildman–Crippen LogP) is 2.12. The summed E-state index contributed by atoms with van der Waals surface area (Å²) >= 11 is 5.69. The molecule has 1 aliphatic rings. The topological polar surface area (TPSA) is 46.2 Å². The van der Waals surface area contributed by atoms with E-state index in [9.17, 15) is 13.2 Å². The van der Waals surface area contributed by atoms with Crippen molar-refractivity contribution in [1.29, 1.82) is 0 Å². The van der Waals surface area contributed by atoms with Gasteiger partial charge in [-0.1, -0.05) is 11.6 Å². The molecule has 0 bridgehead atoms. The van der Waals surface area contributed by atoms with Crippen LogP contribution in [0.5, 0.6) is 5.75 Å². The van der Waals surface area contributed by atoms with Gasteiger partial charge in [0.2, 0.25) is 0 Å². The van der Waals surface area contributed by atoms with Crippen LogP contribution in [0.25, 0.3) is 0 Å². The van der Waals surface area contributed by atoms with E-state index in [0.29, 0.717) is 0 Å². The zero-order valence-electron chi connectivity index (χ0n) is 9.18. The lowest BCUT2D eigenvalue weighted by Crippen LogP contribution is -2.53. The largest absolute Gasteiger partial charge is 0.497 e. The monoisotopic (exact) mass is 279 g/mol. The Labute approximate surface area is 106 Å². The van der Waals surface area contributed by atoms with Gasteiger partial charge in [0.1, 0.15) is 10.9 Å². The van der Waals surface area contributed by atoms with Crippen LogP contribution in [0.2, 0.25) is 5.15 Å². The Balaban J connectivity index is 2.57. The van der Waals surface area contributed by atoms with Crippen molar-refractivity contribution in [1.82, 2.24) is 15.8 Å². The molecule has 0 saturated carbocycles. The van der Waals surface area contributed by atoms with Gasteiger partial charge in [0.25, 0.3) is 0 Å². The van der Waals surface area contributed by atoms with Crippen molar-refractivity contribution >= 4 is 11.6 Å². The number of nitrogens with one attached hydrogen (secondary N) is 2. The van der Waals surface area contributed by atoms with Gasteiger partial charge in [-0.25, -0.2) is 10.4 Å². The maximum Gasteiger partial charge on any atom is 0.417 e. The number of aromatic nitrogens is 1. The van der Waals surface area contributed by atoms with Gasteiger partial charge in [-0.3, -0.25) is 0 Å². The van der Waals surface area contributed by atoms with Crippen LogP contribution in [0.3, 0.4) is 0 Å². The summed E-state index contributed by atoms with van der Waals surface area (Å²) in [5.41, 5.74) is 1.74. The second-order valence-corrected chi connectivity index (χ2v) is 4.01. The molecule has 1 aliphatic heterocycles. The SMILES string of the molecule is COc1cc(Cl)nc(C2(C(F)(F)F)C=CNN2)c1. The molecule has 2 heterocycles. The van der Waals surface area contributed by atoms with E-state index in [1.807, 2.05) is 0 Å². The quantitative estimate of drug-likeness (QED) is 0.814. The highest BCUT2D eigenvalue weighted by atomic mass is 35.5. The average molecular weight is 280 g/mol. The van der Waals surface area contributed by atoms with E-state index < -0.39 is 11.7 Å². The summed E-state index contributed by atoms with van der Waals surface area (Å²) in [4.78, 5) is 3.71. The fraction of sp³-hybridized carbons (Fsp3) is 0.300. The molecule has 18 heavy (non-hydrogen) atoms. The molecule has 0 amide bonds. The number of pyridine rings is 1. The second-order valence-electron chi connectivity index (χ2n) is 3.62. The number of ether oxygens (including phenoxy) is 1. The maximum atomic E-state index is 13.2. The zero-order chi connectivity index (χ0) is 13.4. The minimum atomic E-state index is -4.57. The molecule has 1 aromatic rings. The summed E-state index contributed by atoms with van der Waals surface area (Å²) in [5, 5.41) is -0.0740. The van der Waals surface area contributed by atoms with Crippen LogP contribution in [0.1, 0.15) is 5.69 Å². The van der Waals surface area contributed by atoms with Crippen molar-refractivity contribution in [3.05, 3.63) is 35.3 Å². The molecule has 0 saturated heterocycles. The van der Waals surface area contributed by atoms with Crippen LogP contribution >= 0.6 is 11.6 Å². The normalized spacial score (nSPS) is 22.9. The number of methoxy groups -OCH3 is 1. The second kappa shape index (κ2) is 4.33. The first-order valence-corrected chi connectivity index (χ1v) is 5.26. The molecule has 8 heteroatoms. The van der Waals surface area contributed by atoms with Crippen LogP contribution in [-0.2, 0) is 5.54 Å². The zero-order valence-corrected chi connectivity index (χ0v) is 9.93. The van der Waals surface area contributed by atoms with Crippen LogP contribution in [-0.4, -0.2) is 18.3 Å². The maximum absolute atomic E-state index is 13.2. The first-order chi connectivity index (χ1) is 8.39. The third-order valence-electron chi connectivity index (χ3n) is 2.54. The Bertz CT molecular complexity index is 492. The summed E-state index contributed by atoms with van der Waals surface area (Å²) in [6, 6.07) is 2.52. The van der Waals surface area contributed by atoms with Crippen molar-refractivity contribution < 1.29 is 17.9 Å². The highest BCUT2D eigenvalue weighted by Gasteiger charge is 2.57. The lowest BCUT2D eigenvalue weighted by Gasteiger charge is -2.29. The molecular formula is C10H9ClF3N3O. The predicted molar refractivity (Wildman–Crippen MR) is 58.9 cm³/mol. The van der Waals surface area contributed by atoms with Gasteiger partial charge < -0.3 is 10.2 Å². The molecule has 0 fully saturated rings. The van der Waals surface area contributed by atoms with Gasteiger partial charge in [0, 0.05) is 18.3 Å². The van der Waals surface area contributed by atoms with E-state index in [1.54, 1.807) is 0 Å². The van der Waals surface area contributed by atoms with Crippen LogP contribution in [0.4, 0.5) is 13.2 Å². The van der Waals surface area contributed by atoms with Crippen LogP contribution in [0.15, 0.2) is 24.4 Å². The summed E-state index contributed by atoms with van der Waals surface area (Å²) in [6.07, 6.45) is -2.48. The standard InChI is InChI=1S/C10H9ClF3N3O/c1-18-6-4-7(16-8(11)5-6)9(10(12,13)14)2-3-15-17-9/h2-5,15,17H,1H3. The van der Waals surface area contributed by atoms with Crippen molar-refractivity contribution in [2.24, 2.45) is 0 Å². The van der Waals surface area contributed by atoms with Crippen LogP contribution < -0.4 is 15.6 Å². The Morgan fingerprint density at radius 3 is 2.61 bits per heavy atom. The van der Waals surface area contributed by atoms with E-state index in [1.165, 1.54) is 19.2 Å². The van der Waals surface area contributed by atoms with Gasteiger partial charge in [0.05, 0.1) is 12.8 Å². The first kappa shape index (κ1) is 13.0. The molecule has 98 valence electrons. The first-order valence-electron chi connectivity index (χ1n) is 4.88. The molecule has 1 unspecified atom stereocenters. The van der Waals surface area contributed by atoms with E-state index in [0.717, 1.165) is 12.3 Å². The van der Waals surface area contributed by atoms with E-state index >= 15 is 0 Å². The highest BCUT2D eigenvalue weighted by Crippen LogP contribution is 2.41. The van der Waals surface area contributed by atoms with E-state index in [4.69, 9.17) is 16.3 Å². The van der Waals surface area contributed by atoms with E-state index in [2.05, 4.69) is 15.8 Å². The highest BCUT2D eigenvalue weighted by molar-refractivity contribution is 6.29. The average Bonchev–Trinajstić information content (AvgIpc) is 2.77. The number of rotatable bonds is 2. The number of hydrazine groups is 1. The van der Waals surface area contributed by atoms with Crippen molar-refractivity contribution in [3.63, 3.8) is 0 Å². The smallest absolute Gasteiger partial charge is 0.417 e. The molecule has 2 rings (SSSR count). The summed E-state index contributed by atoms with van der Waals surface area (Å²) in [7, 11) is 1.34. The number of halogens is 4. The minimum absolute atomic E-state index is 0.0740. The molecule has 1 aromatic heterocycles. The lowest BCUT2D eigenvalue weighted by atomic mass is 9.95. The fourth-order valence-corrected chi connectivity index (χ4v) is 1.82. The fourth-order valence-electron chi connectivity index (χ4n) is 1.62. The lowest BCUT2D eigenvalue weighted by molar-refractivity contribution is -0.185. The molecule has 4 nitrogen and oxygen atoms in total. The van der Waals surface area contributed by atoms with Gasteiger partial charge in [0.15, 0.2) is 5.54 Å². The van der Waals surface area contributed by atoms with E-state index in [-0.39, 0.29) is 16.6 Å². The third-order valence-corrected chi connectivity index (χ3v) is 2.73. The summed E-state index contributed by atoms with van der Waals surface area (Å²) in [5.74, 6) is 0.204. The van der Waals surface area contributed by atoms with Crippen molar-refractivity contribution in [3.8, 4) is 5.75 Å².